The highest BCUT2D eigenvalue weighted by molar-refractivity contribution is 6.30. The summed E-state index contributed by atoms with van der Waals surface area (Å²) in [5, 5.41) is 16.0. The zero-order chi connectivity index (χ0) is 12.1. The van der Waals surface area contributed by atoms with Crippen LogP contribution in [0.25, 0.3) is 0 Å². The normalized spacial score (nSPS) is 19.6. The second-order valence-electron chi connectivity index (χ2n) is 3.88. The Bertz CT molecular complexity index is 424. The van der Waals surface area contributed by atoms with Crippen LogP contribution in [0.5, 0.6) is 0 Å². The van der Waals surface area contributed by atoms with Gasteiger partial charge >= 0.3 is 0 Å². The molecule has 0 radical (unpaired) electrons. The average Bonchev–Trinajstić information content (AvgIpc) is 2.38. The van der Waals surface area contributed by atoms with E-state index in [1.807, 2.05) is 0 Å². The van der Waals surface area contributed by atoms with Gasteiger partial charge in [-0.3, -0.25) is 0 Å². The predicted octanol–water partition coefficient (Wildman–Crippen LogP) is 1.61. The van der Waals surface area contributed by atoms with E-state index in [1.54, 1.807) is 18.2 Å². The van der Waals surface area contributed by atoms with E-state index < -0.39 is 0 Å². The molecule has 0 spiro atoms. The fourth-order valence-electron chi connectivity index (χ4n) is 1.73. The van der Waals surface area contributed by atoms with Gasteiger partial charge in [0.1, 0.15) is 6.07 Å². The van der Waals surface area contributed by atoms with Crippen LogP contribution in [0.1, 0.15) is 5.56 Å². The standard InChI is InChI=1S/C12H14ClN3O/c13-10-2-1-9(6-14)12(5-10)16-8-11-7-15-3-4-17-11/h1-2,5,11,15-16H,3-4,7-8H2. The topological polar surface area (TPSA) is 57.1 Å². The maximum absolute atomic E-state index is 8.97. The Morgan fingerprint density at radius 3 is 3.18 bits per heavy atom. The Morgan fingerprint density at radius 2 is 2.47 bits per heavy atom. The van der Waals surface area contributed by atoms with Crippen molar-refractivity contribution in [2.45, 2.75) is 6.10 Å². The minimum Gasteiger partial charge on any atom is -0.381 e. The van der Waals surface area contributed by atoms with Gasteiger partial charge in [-0.05, 0) is 18.2 Å². The summed E-state index contributed by atoms with van der Waals surface area (Å²) in [6, 6.07) is 7.32. The van der Waals surface area contributed by atoms with Gasteiger partial charge in [0, 0.05) is 24.7 Å². The first-order chi connectivity index (χ1) is 8.29. The highest BCUT2D eigenvalue weighted by atomic mass is 35.5. The van der Waals surface area contributed by atoms with Gasteiger partial charge in [0.2, 0.25) is 0 Å². The van der Waals surface area contributed by atoms with Crippen LogP contribution in [0.15, 0.2) is 18.2 Å². The van der Waals surface area contributed by atoms with Crippen molar-refractivity contribution in [2.24, 2.45) is 0 Å². The lowest BCUT2D eigenvalue weighted by Crippen LogP contribution is -2.42. The van der Waals surface area contributed by atoms with Crippen LogP contribution in [-0.4, -0.2) is 32.3 Å². The molecule has 0 bridgehead atoms. The van der Waals surface area contributed by atoms with Crippen molar-refractivity contribution in [1.82, 2.24) is 5.32 Å². The van der Waals surface area contributed by atoms with Gasteiger partial charge in [-0.1, -0.05) is 11.6 Å². The van der Waals surface area contributed by atoms with Crippen molar-refractivity contribution in [2.75, 3.05) is 31.6 Å². The maximum Gasteiger partial charge on any atom is 0.101 e. The van der Waals surface area contributed by atoms with Gasteiger partial charge in [-0.25, -0.2) is 0 Å². The molecule has 1 aliphatic rings. The first kappa shape index (κ1) is 12.2. The van der Waals surface area contributed by atoms with Gasteiger partial charge in [0.15, 0.2) is 0 Å². The SMILES string of the molecule is N#Cc1ccc(Cl)cc1NCC1CNCCO1. The molecule has 1 unspecified atom stereocenters. The zero-order valence-corrected chi connectivity index (χ0v) is 10.1. The van der Waals surface area contributed by atoms with Crippen molar-refractivity contribution >= 4 is 17.3 Å². The van der Waals surface area contributed by atoms with Crippen LogP contribution in [0, 0.1) is 11.3 Å². The van der Waals surface area contributed by atoms with Crippen molar-refractivity contribution in [3.05, 3.63) is 28.8 Å². The summed E-state index contributed by atoms with van der Waals surface area (Å²) >= 11 is 5.90. The molecular weight excluding hydrogens is 238 g/mol. The fourth-order valence-corrected chi connectivity index (χ4v) is 1.91. The molecule has 1 fully saturated rings. The Balaban J connectivity index is 1.98. The van der Waals surface area contributed by atoms with Crippen LogP contribution >= 0.6 is 11.6 Å². The summed E-state index contributed by atoms with van der Waals surface area (Å²) in [5.74, 6) is 0. The van der Waals surface area contributed by atoms with Crippen molar-refractivity contribution in [3.63, 3.8) is 0 Å². The number of anilines is 1. The molecule has 2 rings (SSSR count). The van der Waals surface area contributed by atoms with Gasteiger partial charge in [-0.2, -0.15) is 5.26 Å². The first-order valence-corrected chi connectivity index (χ1v) is 5.93. The van der Waals surface area contributed by atoms with Crippen LogP contribution in [0.4, 0.5) is 5.69 Å². The molecule has 1 aliphatic heterocycles. The molecule has 1 aromatic carbocycles. The number of nitriles is 1. The average molecular weight is 252 g/mol. The highest BCUT2D eigenvalue weighted by Crippen LogP contribution is 2.20. The molecule has 4 nitrogen and oxygen atoms in total. The third-order valence-corrected chi connectivity index (χ3v) is 2.86. The molecule has 17 heavy (non-hydrogen) atoms. The fraction of sp³-hybridized carbons (Fsp3) is 0.417. The molecule has 1 aromatic rings. The molecule has 1 heterocycles. The van der Waals surface area contributed by atoms with E-state index in [0.717, 1.165) is 25.4 Å². The first-order valence-electron chi connectivity index (χ1n) is 5.55. The van der Waals surface area contributed by atoms with Crippen molar-refractivity contribution < 1.29 is 4.74 Å². The minimum absolute atomic E-state index is 0.134. The van der Waals surface area contributed by atoms with Crippen molar-refractivity contribution in [3.8, 4) is 6.07 Å². The van der Waals surface area contributed by atoms with E-state index >= 15 is 0 Å². The lowest BCUT2D eigenvalue weighted by molar-refractivity contribution is 0.0372. The highest BCUT2D eigenvalue weighted by Gasteiger charge is 2.13. The van der Waals surface area contributed by atoms with Gasteiger partial charge in [0.25, 0.3) is 0 Å². The smallest absolute Gasteiger partial charge is 0.101 e. The van der Waals surface area contributed by atoms with E-state index in [4.69, 9.17) is 21.6 Å². The Kier molecular flexibility index (Phi) is 4.21. The summed E-state index contributed by atoms with van der Waals surface area (Å²) in [5.41, 5.74) is 1.35. The van der Waals surface area contributed by atoms with Crippen LogP contribution in [-0.2, 0) is 4.74 Å². The second-order valence-corrected chi connectivity index (χ2v) is 4.32. The lowest BCUT2D eigenvalue weighted by Gasteiger charge is -2.24. The number of benzene rings is 1. The predicted molar refractivity (Wildman–Crippen MR) is 67.3 cm³/mol. The van der Waals surface area contributed by atoms with Crippen LogP contribution in [0.3, 0.4) is 0 Å². The summed E-state index contributed by atoms with van der Waals surface area (Å²) in [7, 11) is 0. The number of rotatable bonds is 3. The van der Waals surface area contributed by atoms with Gasteiger partial charge in [0.05, 0.1) is 24.0 Å². The van der Waals surface area contributed by atoms with Gasteiger partial charge in [-0.15, -0.1) is 0 Å². The minimum atomic E-state index is 0.134. The summed E-state index contributed by atoms with van der Waals surface area (Å²) in [6.07, 6.45) is 0.134. The molecule has 0 aromatic heterocycles. The van der Waals surface area contributed by atoms with E-state index in [1.165, 1.54) is 0 Å². The molecule has 0 amide bonds. The summed E-state index contributed by atoms with van der Waals surface area (Å²) in [4.78, 5) is 0. The lowest BCUT2D eigenvalue weighted by atomic mass is 10.2. The quantitative estimate of drug-likeness (QED) is 0.857. The molecular formula is C12H14ClN3O. The molecule has 1 atom stereocenters. The monoisotopic (exact) mass is 251 g/mol. The number of hydrogen-bond donors (Lipinski definition) is 2. The van der Waals surface area contributed by atoms with Crippen molar-refractivity contribution in [1.29, 1.82) is 5.26 Å². The van der Waals surface area contributed by atoms with E-state index in [-0.39, 0.29) is 6.10 Å². The molecule has 1 saturated heterocycles. The molecule has 0 saturated carbocycles. The third-order valence-electron chi connectivity index (χ3n) is 2.63. The van der Waals surface area contributed by atoms with E-state index in [0.29, 0.717) is 17.1 Å². The number of nitrogens with one attached hydrogen (secondary N) is 2. The number of nitrogens with zero attached hydrogens (tertiary/aromatic N) is 1. The summed E-state index contributed by atoms with van der Waals surface area (Å²) < 4.78 is 5.56. The Morgan fingerprint density at radius 1 is 1.59 bits per heavy atom. The number of hydrogen-bond acceptors (Lipinski definition) is 4. The molecule has 5 heteroatoms. The molecule has 90 valence electrons. The number of halogens is 1. The maximum atomic E-state index is 8.97. The largest absolute Gasteiger partial charge is 0.381 e. The van der Waals surface area contributed by atoms with Crippen LogP contribution < -0.4 is 10.6 Å². The Labute approximate surface area is 106 Å². The second kappa shape index (κ2) is 5.87. The summed E-state index contributed by atoms with van der Waals surface area (Å²) in [6.45, 7) is 3.13. The molecule has 0 aliphatic carbocycles. The Hall–Kier alpha value is -1.28. The van der Waals surface area contributed by atoms with Gasteiger partial charge < -0.3 is 15.4 Å². The van der Waals surface area contributed by atoms with E-state index in [2.05, 4.69) is 16.7 Å². The van der Waals surface area contributed by atoms with E-state index in [9.17, 15) is 0 Å². The third kappa shape index (κ3) is 3.34. The number of ether oxygens (including phenoxy) is 1. The van der Waals surface area contributed by atoms with Crippen LogP contribution in [0.2, 0.25) is 5.02 Å². The number of morpholine rings is 1. The molecule has 2 N–H and O–H groups in total. The zero-order valence-electron chi connectivity index (χ0n) is 9.37.